The van der Waals surface area contributed by atoms with Gasteiger partial charge in [0, 0.05) is 17.5 Å². The summed E-state index contributed by atoms with van der Waals surface area (Å²) in [5.41, 5.74) is 6.07. The minimum Gasteiger partial charge on any atom is -0.435 e. The molecule has 0 N–H and O–H groups in total. The van der Waals surface area contributed by atoms with E-state index in [9.17, 15) is 27.7 Å². The lowest BCUT2D eigenvalue weighted by Crippen LogP contribution is -2.34. The van der Waals surface area contributed by atoms with E-state index in [0.717, 1.165) is 58.5 Å². The molecular weight excluding hydrogens is 586 g/mol. The molecule has 0 aromatic heterocycles. The standard InChI is InChI=1S/C31H23F4N3O4S/c32-29(33)41-23-12-4-18(5-13-23)16-21-2-1-3-25-27(21)36-31-37(28(25)20-8-14-24(15-9-20)42-30(34)35)26(17-43-31)19-6-10-22(11-7-19)38(39)40/h4-17,28-30H,1-3H2/b21-16+. The first-order valence-electron chi connectivity index (χ1n) is 13.3. The second kappa shape index (κ2) is 12.0. The highest BCUT2D eigenvalue weighted by molar-refractivity contribution is 8.16. The molecule has 0 radical (unpaired) electrons. The molecule has 1 unspecified atom stereocenters. The Kier molecular flexibility index (Phi) is 7.94. The monoisotopic (exact) mass is 609 g/mol. The molecule has 0 amide bonds. The van der Waals surface area contributed by atoms with Crippen LogP contribution >= 0.6 is 11.8 Å². The summed E-state index contributed by atoms with van der Waals surface area (Å²) in [7, 11) is 0. The second-order valence-corrected chi connectivity index (χ2v) is 10.7. The van der Waals surface area contributed by atoms with Crippen molar-refractivity contribution in [3.8, 4) is 11.5 Å². The number of allylic oxidation sites excluding steroid dienone is 1. The minimum atomic E-state index is -2.94. The van der Waals surface area contributed by atoms with Crippen LogP contribution in [0.5, 0.6) is 11.5 Å². The Hall–Kier alpha value is -4.58. The fourth-order valence-electron chi connectivity index (χ4n) is 5.46. The van der Waals surface area contributed by atoms with Gasteiger partial charge in [0.15, 0.2) is 5.17 Å². The van der Waals surface area contributed by atoms with Crippen molar-refractivity contribution in [1.82, 2.24) is 4.90 Å². The Morgan fingerprint density at radius 1 is 0.907 bits per heavy atom. The van der Waals surface area contributed by atoms with E-state index < -0.39 is 18.1 Å². The molecule has 220 valence electrons. The van der Waals surface area contributed by atoms with Crippen LogP contribution in [0.4, 0.5) is 23.2 Å². The van der Waals surface area contributed by atoms with Crippen molar-refractivity contribution < 1.29 is 32.0 Å². The van der Waals surface area contributed by atoms with Gasteiger partial charge in [-0.25, -0.2) is 4.99 Å². The van der Waals surface area contributed by atoms with Crippen LogP contribution in [0.3, 0.4) is 0 Å². The molecule has 3 aliphatic rings. The highest BCUT2D eigenvalue weighted by Gasteiger charge is 2.40. The molecule has 3 aromatic carbocycles. The normalized spacial score (nSPS) is 18.9. The Labute approximate surface area is 248 Å². The van der Waals surface area contributed by atoms with Crippen molar-refractivity contribution in [3.63, 3.8) is 0 Å². The van der Waals surface area contributed by atoms with E-state index >= 15 is 0 Å². The van der Waals surface area contributed by atoms with Crippen LogP contribution in [0.1, 0.15) is 42.0 Å². The molecule has 3 aromatic rings. The van der Waals surface area contributed by atoms with Gasteiger partial charge in [0.1, 0.15) is 11.5 Å². The number of hydrogen-bond donors (Lipinski definition) is 0. The summed E-state index contributed by atoms with van der Waals surface area (Å²) < 4.78 is 59.9. The lowest BCUT2D eigenvalue weighted by Gasteiger charge is -2.40. The summed E-state index contributed by atoms with van der Waals surface area (Å²) in [5, 5.41) is 13.9. The smallest absolute Gasteiger partial charge is 0.387 e. The maximum absolute atomic E-state index is 12.8. The Balaban J connectivity index is 1.41. The molecule has 6 rings (SSSR count). The van der Waals surface area contributed by atoms with E-state index in [-0.39, 0.29) is 23.2 Å². The van der Waals surface area contributed by atoms with Crippen molar-refractivity contribution in [3.05, 3.63) is 122 Å². The second-order valence-electron chi connectivity index (χ2n) is 9.88. The summed E-state index contributed by atoms with van der Waals surface area (Å²) >= 11 is 1.43. The number of alkyl halides is 4. The number of benzene rings is 3. The van der Waals surface area contributed by atoms with Crippen molar-refractivity contribution in [2.24, 2.45) is 4.99 Å². The highest BCUT2D eigenvalue weighted by atomic mass is 32.2. The first-order valence-corrected chi connectivity index (χ1v) is 14.2. The van der Waals surface area contributed by atoms with Crippen molar-refractivity contribution in [2.45, 2.75) is 38.5 Å². The van der Waals surface area contributed by atoms with Crippen LogP contribution in [-0.4, -0.2) is 28.2 Å². The Bertz CT molecular complexity index is 1650. The number of nitro benzene ring substituents is 1. The van der Waals surface area contributed by atoms with Crippen LogP contribution in [0.25, 0.3) is 11.8 Å². The number of hydrogen-bond acceptors (Lipinski definition) is 7. The van der Waals surface area contributed by atoms with Crippen molar-refractivity contribution in [2.75, 3.05) is 0 Å². The predicted octanol–water partition coefficient (Wildman–Crippen LogP) is 8.78. The van der Waals surface area contributed by atoms with Gasteiger partial charge in [-0.3, -0.25) is 10.1 Å². The third-order valence-corrected chi connectivity index (χ3v) is 8.12. The largest absolute Gasteiger partial charge is 0.435 e. The summed E-state index contributed by atoms with van der Waals surface area (Å²) in [6, 6.07) is 18.9. The van der Waals surface area contributed by atoms with Gasteiger partial charge < -0.3 is 14.4 Å². The third kappa shape index (κ3) is 6.00. The average Bonchev–Trinajstić information content (AvgIpc) is 3.41. The summed E-state index contributed by atoms with van der Waals surface area (Å²) in [6.07, 6.45) is 4.31. The number of amidine groups is 1. The zero-order chi connectivity index (χ0) is 30.1. The van der Waals surface area contributed by atoms with E-state index in [0.29, 0.717) is 5.17 Å². The van der Waals surface area contributed by atoms with Crippen LogP contribution in [-0.2, 0) is 0 Å². The van der Waals surface area contributed by atoms with E-state index in [1.54, 1.807) is 36.4 Å². The van der Waals surface area contributed by atoms with Crippen LogP contribution in [0, 0.1) is 10.1 Å². The van der Waals surface area contributed by atoms with E-state index in [1.165, 1.54) is 48.2 Å². The molecule has 2 heterocycles. The molecule has 0 fully saturated rings. The molecule has 2 aliphatic heterocycles. The molecule has 43 heavy (non-hydrogen) atoms. The van der Waals surface area contributed by atoms with Gasteiger partial charge in [-0.05, 0) is 89.6 Å². The van der Waals surface area contributed by atoms with Crippen molar-refractivity contribution in [1.29, 1.82) is 0 Å². The molecule has 1 atom stereocenters. The fraction of sp³-hybridized carbons (Fsp3) is 0.194. The van der Waals surface area contributed by atoms with Gasteiger partial charge in [-0.15, -0.1) is 0 Å². The van der Waals surface area contributed by atoms with Crippen LogP contribution < -0.4 is 9.47 Å². The van der Waals surface area contributed by atoms with Crippen LogP contribution in [0.15, 0.2) is 100 Å². The first-order chi connectivity index (χ1) is 20.8. The number of ether oxygens (including phenoxy) is 2. The number of nitrogens with zero attached hydrogens (tertiary/aromatic N) is 3. The molecule has 0 saturated carbocycles. The third-order valence-electron chi connectivity index (χ3n) is 7.28. The molecular formula is C31H23F4N3O4S. The minimum absolute atomic E-state index is 0.0189. The highest BCUT2D eigenvalue weighted by Crippen LogP contribution is 2.51. The van der Waals surface area contributed by atoms with Gasteiger partial charge in [0.05, 0.1) is 22.4 Å². The van der Waals surface area contributed by atoms with E-state index in [2.05, 4.69) is 14.4 Å². The summed E-state index contributed by atoms with van der Waals surface area (Å²) in [4.78, 5) is 17.9. The molecule has 7 nitrogen and oxygen atoms in total. The number of nitro groups is 1. The number of aliphatic imine (C=N–C) groups is 1. The van der Waals surface area contributed by atoms with E-state index in [1.807, 2.05) is 11.5 Å². The van der Waals surface area contributed by atoms with Gasteiger partial charge in [-0.1, -0.05) is 36.0 Å². The number of non-ortho nitro benzene ring substituents is 1. The average molecular weight is 610 g/mol. The Morgan fingerprint density at radius 2 is 1.53 bits per heavy atom. The predicted molar refractivity (Wildman–Crippen MR) is 156 cm³/mol. The van der Waals surface area contributed by atoms with Crippen molar-refractivity contribution >= 4 is 34.4 Å². The van der Waals surface area contributed by atoms with Crippen LogP contribution in [0.2, 0.25) is 0 Å². The maximum atomic E-state index is 12.8. The number of thioether (sulfide) groups is 1. The summed E-state index contributed by atoms with van der Waals surface area (Å²) in [6.45, 7) is -5.85. The number of fused-ring (bicyclic) bond motifs is 1. The fourth-order valence-corrected chi connectivity index (χ4v) is 6.39. The lowest BCUT2D eigenvalue weighted by molar-refractivity contribution is -0.384. The SMILES string of the molecule is O=[N+]([O-])c1ccc(C2=CSC3=NC4=C(CCC/C4=C\c4ccc(OC(F)F)cc4)C(c4ccc(OC(F)F)cc4)N23)cc1. The summed E-state index contributed by atoms with van der Waals surface area (Å²) in [5.74, 6) is 0.115. The topological polar surface area (TPSA) is 77.2 Å². The van der Waals surface area contributed by atoms with Gasteiger partial charge >= 0.3 is 13.2 Å². The zero-order valence-electron chi connectivity index (χ0n) is 22.3. The van der Waals surface area contributed by atoms with Gasteiger partial charge in [0.25, 0.3) is 5.69 Å². The molecule has 0 bridgehead atoms. The quantitative estimate of drug-likeness (QED) is 0.144. The Morgan fingerprint density at radius 3 is 2.14 bits per heavy atom. The number of halogens is 4. The number of rotatable bonds is 8. The maximum Gasteiger partial charge on any atom is 0.387 e. The first kappa shape index (κ1) is 28.5. The molecule has 0 spiro atoms. The van der Waals surface area contributed by atoms with Gasteiger partial charge in [0.2, 0.25) is 0 Å². The molecule has 0 saturated heterocycles. The van der Waals surface area contributed by atoms with Gasteiger partial charge in [-0.2, -0.15) is 17.6 Å². The lowest BCUT2D eigenvalue weighted by atomic mass is 9.82. The zero-order valence-corrected chi connectivity index (χ0v) is 23.1. The molecule has 1 aliphatic carbocycles. The van der Waals surface area contributed by atoms with E-state index in [4.69, 9.17) is 4.99 Å². The molecule has 12 heteroatoms.